The molecule has 10 heteroatoms. The number of nitrogens with zero attached hydrogens (tertiary/aromatic N) is 5. The van der Waals surface area contributed by atoms with Gasteiger partial charge in [0.25, 0.3) is 0 Å². The lowest BCUT2D eigenvalue weighted by Crippen LogP contribution is -2.39. The summed E-state index contributed by atoms with van der Waals surface area (Å²) in [6.07, 6.45) is 3.05. The number of aromatic nitrogens is 4. The van der Waals surface area contributed by atoms with Crippen LogP contribution in [0.15, 0.2) is 42.6 Å². The number of anilines is 1. The molecule has 1 aliphatic heterocycles. The zero-order valence-corrected chi connectivity index (χ0v) is 20.6. The van der Waals surface area contributed by atoms with Crippen LogP contribution in [0.2, 0.25) is 5.02 Å². The number of benzene rings is 1. The molecule has 1 fully saturated rings. The summed E-state index contributed by atoms with van der Waals surface area (Å²) >= 11 is 11.7. The van der Waals surface area contributed by atoms with Gasteiger partial charge >= 0.3 is 0 Å². The summed E-state index contributed by atoms with van der Waals surface area (Å²) in [5.74, 6) is 1.24. The summed E-state index contributed by atoms with van der Waals surface area (Å²) in [6, 6.07) is 11.5. The molecule has 1 aliphatic rings. The molecule has 8 nitrogen and oxygen atoms in total. The molecule has 4 heterocycles. The lowest BCUT2D eigenvalue weighted by molar-refractivity contribution is -0.121. The number of likely N-dealkylation sites (tertiary alicyclic amines) is 1. The normalized spacial score (nSPS) is 15.1. The number of rotatable bonds is 5. The minimum atomic E-state index is -0.0539. The minimum absolute atomic E-state index is 0.00490. The second-order valence-electron chi connectivity index (χ2n) is 8.57. The van der Waals surface area contributed by atoms with E-state index in [4.69, 9.17) is 33.7 Å². The molecule has 0 saturated carbocycles. The average molecular weight is 497 g/mol. The number of pyridine rings is 2. The first-order valence-electron chi connectivity index (χ1n) is 11.1. The fourth-order valence-electron chi connectivity index (χ4n) is 4.47. The highest BCUT2D eigenvalue weighted by atomic mass is 35.5. The monoisotopic (exact) mass is 496 g/mol. The van der Waals surface area contributed by atoms with Gasteiger partial charge in [-0.05, 0) is 67.9 Å². The number of hydrogen-bond acceptors (Lipinski definition) is 6. The van der Waals surface area contributed by atoms with Crippen LogP contribution in [0.3, 0.4) is 0 Å². The van der Waals surface area contributed by atoms with Gasteiger partial charge in [0.05, 0.1) is 24.3 Å². The van der Waals surface area contributed by atoms with Crippen LogP contribution in [-0.2, 0) is 11.5 Å². The Bertz CT molecular complexity index is 1420. The molecule has 0 aliphatic carbocycles. The first-order valence-corrected chi connectivity index (χ1v) is 11.9. The van der Waals surface area contributed by atoms with Crippen LogP contribution in [0, 0.1) is 17.6 Å². The van der Waals surface area contributed by atoms with Crippen LogP contribution in [0.1, 0.15) is 18.4 Å². The number of fused-ring (bicyclic) bond motifs is 3. The number of halogens is 1. The van der Waals surface area contributed by atoms with Gasteiger partial charge in [-0.15, -0.1) is 0 Å². The van der Waals surface area contributed by atoms with Gasteiger partial charge in [-0.25, -0.2) is 9.67 Å². The third kappa shape index (κ3) is 4.38. The summed E-state index contributed by atoms with van der Waals surface area (Å²) < 4.78 is 9.93. The Morgan fingerprint density at radius 1 is 1.24 bits per heavy atom. The average Bonchev–Trinajstić information content (AvgIpc) is 3.15. The van der Waals surface area contributed by atoms with E-state index in [9.17, 15) is 4.79 Å². The van der Waals surface area contributed by atoms with E-state index < -0.39 is 0 Å². The van der Waals surface area contributed by atoms with E-state index in [2.05, 4.69) is 34.3 Å². The molecule has 1 N–H and O–H groups in total. The van der Waals surface area contributed by atoms with Gasteiger partial charge in [0, 0.05) is 36.7 Å². The van der Waals surface area contributed by atoms with Gasteiger partial charge in [-0.1, -0.05) is 11.6 Å². The summed E-state index contributed by atoms with van der Waals surface area (Å²) in [5, 5.41) is 9.33. The highest BCUT2D eigenvalue weighted by Gasteiger charge is 2.26. The van der Waals surface area contributed by atoms with E-state index in [0.29, 0.717) is 22.3 Å². The SMILES string of the molecule is COc1ccc2c(C)cc3nn(CN4CCC(C(=O)Nc5ccc(Cl)cn5)CC4)c(=S)n3c2c1. The number of piperidine rings is 1. The standard InChI is InChI=1S/C24H25ClN6O2S/c1-15-11-22-28-30(24(34)31(22)20-12-18(33-2)4-5-19(15)20)14-29-9-7-16(8-10-29)23(32)27-21-6-3-17(25)13-26-21/h3-6,11-13,16H,7-10,14H2,1-2H3,(H,26,27,32). The van der Waals surface area contributed by atoms with Crippen LogP contribution in [0.4, 0.5) is 5.82 Å². The van der Waals surface area contributed by atoms with E-state index in [1.807, 2.05) is 21.2 Å². The number of ether oxygens (including phenoxy) is 1. The van der Waals surface area contributed by atoms with Gasteiger partial charge in [-0.2, -0.15) is 5.10 Å². The molecule has 0 unspecified atom stereocenters. The third-order valence-corrected chi connectivity index (χ3v) is 6.97. The zero-order valence-electron chi connectivity index (χ0n) is 19.0. The van der Waals surface area contributed by atoms with Crippen LogP contribution in [0.25, 0.3) is 16.6 Å². The largest absolute Gasteiger partial charge is 0.497 e. The van der Waals surface area contributed by atoms with Gasteiger partial charge in [0.2, 0.25) is 10.7 Å². The molecule has 1 saturated heterocycles. The van der Waals surface area contributed by atoms with Crippen LogP contribution in [0.5, 0.6) is 5.75 Å². The Morgan fingerprint density at radius 2 is 2.03 bits per heavy atom. The highest BCUT2D eigenvalue weighted by Crippen LogP contribution is 2.26. The molecule has 0 spiro atoms. The van der Waals surface area contributed by atoms with Crippen molar-refractivity contribution in [3.05, 3.63) is 58.0 Å². The van der Waals surface area contributed by atoms with Crippen molar-refractivity contribution in [3.63, 3.8) is 0 Å². The number of methoxy groups -OCH3 is 1. The number of hydrogen-bond donors (Lipinski definition) is 1. The minimum Gasteiger partial charge on any atom is -0.497 e. The second-order valence-corrected chi connectivity index (χ2v) is 9.37. The highest BCUT2D eigenvalue weighted by molar-refractivity contribution is 7.71. The Labute approximate surface area is 207 Å². The number of nitrogens with one attached hydrogen (secondary N) is 1. The van der Waals surface area contributed by atoms with Crippen molar-refractivity contribution in [2.45, 2.75) is 26.4 Å². The van der Waals surface area contributed by atoms with Crippen molar-refractivity contribution in [1.29, 1.82) is 0 Å². The van der Waals surface area contributed by atoms with Crippen LogP contribution >= 0.6 is 23.8 Å². The predicted octanol–water partition coefficient (Wildman–Crippen LogP) is 4.69. The predicted molar refractivity (Wildman–Crippen MR) is 135 cm³/mol. The molecule has 176 valence electrons. The third-order valence-electron chi connectivity index (χ3n) is 6.35. The number of carbonyl (C=O) groups is 1. The summed E-state index contributed by atoms with van der Waals surface area (Å²) in [4.78, 5) is 19.1. The number of amides is 1. The maximum Gasteiger partial charge on any atom is 0.228 e. The van der Waals surface area contributed by atoms with Crippen molar-refractivity contribution >= 4 is 52.1 Å². The van der Waals surface area contributed by atoms with Crippen molar-refractivity contribution < 1.29 is 9.53 Å². The van der Waals surface area contributed by atoms with E-state index >= 15 is 0 Å². The molecule has 0 bridgehead atoms. The molecular formula is C24H25ClN6O2S. The fourth-order valence-corrected chi connectivity index (χ4v) is 4.87. The van der Waals surface area contributed by atoms with Gasteiger partial charge < -0.3 is 10.1 Å². The molecule has 3 aromatic heterocycles. The Morgan fingerprint density at radius 3 is 2.74 bits per heavy atom. The topological polar surface area (TPSA) is 76.7 Å². The lowest BCUT2D eigenvalue weighted by Gasteiger charge is -2.30. The van der Waals surface area contributed by atoms with Crippen LogP contribution < -0.4 is 10.1 Å². The zero-order chi connectivity index (χ0) is 23.8. The molecule has 34 heavy (non-hydrogen) atoms. The summed E-state index contributed by atoms with van der Waals surface area (Å²) in [6.45, 7) is 4.23. The number of aryl methyl sites for hydroxylation is 1. The molecule has 0 radical (unpaired) electrons. The van der Waals surface area contributed by atoms with Crippen molar-refractivity contribution in [1.82, 2.24) is 24.1 Å². The molecular weight excluding hydrogens is 472 g/mol. The van der Waals surface area contributed by atoms with Crippen LogP contribution in [-0.4, -0.2) is 50.2 Å². The van der Waals surface area contributed by atoms with E-state index in [1.165, 1.54) is 6.20 Å². The second kappa shape index (κ2) is 9.32. The van der Waals surface area contributed by atoms with Crippen molar-refractivity contribution in [2.24, 2.45) is 5.92 Å². The van der Waals surface area contributed by atoms with Crippen molar-refractivity contribution in [3.8, 4) is 5.75 Å². The quantitative estimate of drug-likeness (QED) is 0.404. The Hall–Kier alpha value is -3.01. The maximum absolute atomic E-state index is 12.6. The summed E-state index contributed by atoms with van der Waals surface area (Å²) in [5.41, 5.74) is 2.93. The summed E-state index contributed by atoms with van der Waals surface area (Å²) in [7, 11) is 1.66. The molecule has 4 aromatic rings. The van der Waals surface area contributed by atoms with Gasteiger partial charge in [0.1, 0.15) is 11.6 Å². The fraction of sp³-hybridized carbons (Fsp3) is 0.333. The lowest BCUT2D eigenvalue weighted by atomic mass is 9.96. The smallest absolute Gasteiger partial charge is 0.228 e. The molecule has 5 rings (SSSR count). The van der Waals surface area contributed by atoms with E-state index in [1.54, 1.807) is 19.2 Å². The molecule has 0 atom stereocenters. The first-order chi connectivity index (χ1) is 16.4. The molecule has 1 aromatic carbocycles. The number of carbonyl (C=O) groups excluding carboxylic acids is 1. The van der Waals surface area contributed by atoms with Gasteiger partial charge in [-0.3, -0.25) is 14.1 Å². The Kier molecular flexibility index (Phi) is 6.24. The molecule has 1 amide bonds. The van der Waals surface area contributed by atoms with Crippen molar-refractivity contribution in [2.75, 3.05) is 25.5 Å². The first kappa shape index (κ1) is 22.8. The van der Waals surface area contributed by atoms with E-state index in [0.717, 1.165) is 53.8 Å². The van der Waals surface area contributed by atoms with Gasteiger partial charge in [0.15, 0.2) is 5.65 Å². The van der Waals surface area contributed by atoms with E-state index in [-0.39, 0.29) is 11.8 Å². The Balaban J connectivity index is 1.30. The maximum atomic E-state index is 12.6.